The van der Waals surface area contributed by atoms with Gasteiger partial charge in [0, 0.05) is 11.6 Å². The van der Waals surface area contributed by atoms with Gasteiger partial charge < -0.3 is 19.9 Å². The zero-order valence-corrected chi connectivity index (χ0v) is 9.48. The van der Waals surface area contributed by atoms with Crippen molar-refractivity contribution in [3.8, 4) is 11.5 Å². The van der Waals surface area contributed by atoms with Crippen LogP contribution in [0, 0.1) is 0 Å². The fourth-order valence-electron chi connectivity index (χ4n) is 1.65. The van der Waals surface area contributed by atoms with Crippen molar-refractivity contribution in [2.24, 2.45) is 5.73 Å². The van der Waals surface area contributed by atoms with Crippen molar-refractivity contribution < 1.29 is 27.8 Å². The number of nitrogens with two attached hydrogens (primary N) is 1. The summed E-state index contributed by atoms with van der Waals surface area (Å²) in [4.78, 5) is 11.1. The van der Waals surface area contributed by atoms with E-state index in [-0.39, 0.29) is 23.5 Å². The number of alkyl halides is 2. The fraction of sp³-hybridized carbons (Fsp3) is 0.364. The van der Waals surface area contributed by atoms with Crippen molar-refractivity contribution in [3.05, 3.63) is 23.8 Å². The summed E-state index contributed by atoms with van der Waals surface area (Å²) in [5, 5.41) is 0. The number of carbonyl (C=O) groups is 1. The highest BCUT2D eigenvalue weighted by Gasteiger charge is 2.45. The van der Waals surface area contributed by atoms with E-state index in [1.54, 1.807) is 0 Å². The molecule has 0 fully saturated rings. The van der Waals surface area contributed by atoms with Gasteiger partial charge in [0.15, 0.2) is 11.5 Å². The molecule has 0 spiro atoms. The molecule has 0 radical (unpaired) electrons. The summed E-state index contributed by atoms with van der Waals surface area (Å²) in [7, 11) is 1.22. The standard InChI is InChI=1S/C11H11F2NO4/c1-16-9(15)5-7(14)6-3-2-4-8-10(6)18-11(12,13)17-8/h2-4,7H,5,14H2,1H3/t7-/m0/s1. The predicted octanol–water partition coefficient (Wildman–Crippen LogP) is 1.57. The van der Waals surface area contributed by atoms with Gasteiger partial charge in [-0.3, -0.25) is 4.79 Å². The van der Waals surface area contributed by atoms with Crippen LogP contribution >= 0.6 is 0 Å². The Balaban J connectivity index is 2.26. The Labute approximate surface area is 101 Å². The largest absolute Gasteiger partial charge is 0.586 e. The molecule has 98 valence electrons. The van der Waals surface area contributed by atoms with E-state index in [0.29, 0.717) is 0 Å². The van der Waals surface area contributed by atoms with Crippen LogP contribution in [0.4, 0.5) is 8.78 Å². The SMILES string of the molecule is COC(=O)C[C@H](N)c1cccc2c1OC(F)(F)O2. The topological polar surface area (TPSA) is 70.8 Å². The normalized spacial score (nSPS) is 17.3. The maximum Gasteiger partial charge on any atom is 0.586 e. The molecular weight excluding hydrogens is 248 g/mol. The van der Waals surface area contributed by atoms with E-state index in [4.69, 9.17) is 5.73 Å². The van der Waals surface area contributed by atoms with Crippen LogP contribution < -0.4 is 15.2 Å². The molecule has 7 heteroatoms. The van der Waals surface area contributed by atoms with Crippen LogP contribution in [0.1, 0.15) is 18.0 Å². The van der Waals surface area contributed by atoms with Gasteiger partial charge in [0.05, 0.1) is 13.5 Å². The average Bonchev–Trinajstić information content (AvgIpc) is 2.61. The first-order valence-electron chi connectivity index (χ1n) is 5.14. The summed E-state index contributed by atoms with van der Waals surface area (Å²) in [6.45, 7) is 0. The first-order chi connectivity index (χ1) is 8.43. The summed E-state index contributed by atoms with van der Waals surface area (Å²) >= 11 is 0. The van der Waals surface area contributed by atoms with Gasteiger partial charge in [0.2, 0.25) is 0 Å². The molecule has 0 aliphatic carbocycles. The molecule has 0 aromatic heterocycles. The Hall–Kier alpha value is -1.89. The molecule has 0 bridgehead atoms. The van der Waals surface area contributed by atoms with E-state index in [0.717, 1.165) is 0 Å². The van der Waals surface area contributed by atoms with Crippen molar-refractivity contribution >= 4 is 5.97 Å². The summed E-state index contributed by atoms with van der Waals surface area (Å²) in [6.07, 6.45) is -3.84. The van der Waals surface area contributed by atoms with Gasteiger partial charge in [-0.2, -0.15) is 0 Å². The van der Waals surface area contributed by atoms with Crippen molar-refractivity contribution in [1.82, 2.24) is 0 Å². The lowest BCUT2D eigenvalue weighted by Gasteiger charge is -2.13. The van der Waals surface area contributed by atoms with Crippen LogP contribution in [-0.2, 0) is 9.53 Å². The second-order valence-corrected chi connectivity index (χ2v) is 3.73. The maximum absolute atomic E-state index is 12.9. The van der Waals surface area contributed by atoms with Crippen molar-refractivity contribution in [3.63, 3.8) is 0 Å². The third-order valence-corrected chi connectivity index (χ3v) is 2.47. The number of para-hydroxylation sites is 1. The molecule has 2 N–H and O–H groups in total. The Morgan fingerprint density at radius 3 is 2.89 bits per heavy atom. The van der Waals surface area contributed by atoms with Crippen LogP contribution in [0.5, 0.6) is 11.5 Å². The highest BCUT2D eigenvalue weighted by molar-refractivity contribution is 5.70. The zero-order valence-electron chi connectivity index (χ0n) is 9.48. The van der Waals surface area contributed by atoms with Crippen LogP contribution in [0.3, 0.4) is 0 Å². The van der Waals surface area contributed by atoms with Crippen molar-refractivity contribution in [2.45, 2.75) is 18.8 Å². The second-order valence-electron chi connectivity index (χ2n) is 3.73. The minimum atomic E-state index is -3.70. The minimum Gasteiger partial charge on any atom is -0.469 e. The van der Waals surface area contributed by atoms with Gasteiger partial charge in [0.25, 0.3) is 0 Å². The molecule has 1 aromatic rings. The van der Waals surface area contributed by atoms with Crippen LogP contribution in [-0.4, -0.2) is 19.4 Å². The number of carbonyl (C=O) groups excluding carboxylic acids is 1. The van der Waals surface area contributed by atoms with Gasteiger partial charge in [-0.05, 0) is 6.07 Å². The van der Waals surface area contributed by atoms with E-state index in [9.17, 15) is 13.6 Å². The Morgan fingerprint density at radius 2 is 2.22 bits per heavy atom. The lowest BCUT2D eigenvalue weighted by Crippen LogP contribution is -2.26. The van der Waals surface area contributed by atoms with Crippen molar-refractivity contribution in [1.29, 1.82) is 0 Å². The lowest BCUT2D eigenvalue weighted by molar-refractivity contribution is -0.287. The minimum absolute atomic E-state index is 0.0992. The summed E-state index contributed by atoms with van der Waals surface area (Å²) in [6, 6.07) is 3.53. The Morgan fingerprint density at radius 1 is 1.50 bits per heavy atom. The number of rotatable bonds is 3. The van der Waals surface area contributed by atoms with Gasteiger partial charge in [-0.1, -0.05) is 12.1 Å². The maximum atomic E-state index is 12.9. The lowest BCUT2D eigenvalue weighted by atomic mass is 10.0. The smallest absolute Gasteiger partial charge is 0.469 e. The van der Waals surface area contributed by atoms with Gasteiger partial charge >= 0.3 is 12.3 Å². The number of benzene rings is 1. The zero-order chi connectivity index (χ0) is 13.3. The molecule has 18 heavy (non-hydrogen) atoms. The molecule has 0 saturated carbocycles. The number of methoxy groups -OCH3 is 1. The molecule has 5 nitrogen and oxygen atoms in total. The number of esters is 1. The molecule has 1 atom stereocenters. The van der Waals surface area contributed by atoms with E-state index < -0.39 is 18.3 Å². The molecule has 1 aliphatic heterocycles. The number of hydrogen-bond donors (Lipinski definition) is 1. The third-order valence-electron chi connectivity index (χ3n) is 2.47. The number of ether oxygens (including phenoxy) is 3. The molecule has 0 saturated heterocycles. The Bertz CT molecular complexity index is 478. The number of halogens is 2. The summed E-state index contributed by atoms with van der Waals surface area (Å²) in [5.74, 6) is -0.775. The van der Waals surface area contributed by atoms with Crippen LogP contribution in [0.15, 0.2) is 18.2 Å². The molecular formula is C11H11F2NO4. The van der Waals surface area contributed by atoms with E-state index in [2.05, 4.69) is 14.2 Å². The fourth-order valence-corrected chi connectivity index (χ4v) is 1.65. The van der Waals surface area contributed by atoms with E-state index in [1.807, 2.05) is 0 Å². The highest BCUT2D eigenvalue weighted by Crippen LogP contribution is 2.45. The number of fused-ring (bicyclic) bond motifs is 1. The average molecular weight is 259 g/mol. The summed E-state index contributed by atoms with van der Waals surface area (Å²) in [5.41, 5.74) is 6.03. The quantitative estimate of drug-likeness (QED) is 0.834. The van der Waals surface area contributed by atoms with Crippen molar-refractivity contribution in [2.75, 3.05) is 7.11 Å². The molecule has 0 unspecified atom stereocenters. The number of hydrogen-bond acceptors (Lipinski definition) is 5. The Kier molecular flexibility index (Phi) is 3.08. The van der Waals surface area contributed by atoms with Crippen LogP contribution in [0.25, 0.3) is 0 Å². The molecule has 1 heterocycles. The monoisotopic (exact) mass is 259 g/mol. The first-order valence-corrected chi connectivity index (χ1v) is 5.14. The van der Waals surface area contributed by atoms with E-state index >= 15 is 0 Å². The van der Waals surface area contributed by atoms with Gasteiger partial charge in [-0.25, -0.2) is 0 Å². The van der Waals surface area contributed by atoms with Gasteiger partial charge in [0.1, 0.15) is 0 Å². The molecule has 0 amide bonds. The highest BCUT2D eigenvalue weighted by atomic mass is 19.3. The van der Waals surface area contributed by atoms with E-state index in [1.165, 1.54) is 25.3 Å². The molecule has 1 aromatic carbocycles. The second kappa shape index (κ2) is 4.41. The molecule has 1 aliphatic rings. The third kappa shape index (κ3) is 2.35. The summed E-state index contributed by atoms with van der Waals surface area (Å²) < 4.78 is 39.0. The van der Waals surface area contributed by atoms with Crippen LogP contribution in [0.2, 0.25) is 0 Å². The molecule has 2 rings (SSSR count). The first kappa shape index (κ1) is 12.6. The predicted molar refractivity (Wildman–Crippen MR) is 56.2 cm³/mol. The van der Waals surface area contributed by atoms with Gasteiger partial charge in [-0.15, -0.1) is 8.78 Å².